The van der Waals surface area contributed by atoms with Crippen LogP contribution in [0.15, 0.2) is 0 Å². The van der Waals surface area contributed by atoms with Crippen LogP contribution >= 0.6 is 0 Å². The van der Waals surface area contributed by atoms with Gasteiger partial charge in [-0.1, -0.05) is 13.8 Å². The molecule has 0 saturated carbocycles. The molecule has 0 radical (unpaired) electrons. The van der Waals surface area contributed by atoms with Crippen LogP contribution in [0.5, 0.6) is 0 Å². The van der Waals surface area contributed by atoms with E-state index in [2.05, 4.69) is 24.1 Å². The fourth-order valence-electron chi connectivity index (χ4n) is 1.71. The SMILES string of the molecule is CC(C)C(CNC(=O)CC(C)(C)N)N(C)C. The molecule has 4 heteroatoms. The van der Waals surface area contributed by atoms with Gasteiger partial charge in [-0.05, 0) is 33.9 Å². The minimum atomic E-state index is -0.435. The van der Waals surface area contributed by atoms with Crippen LogP contribution in [0, 0.1) is 5.92 Å². The highest BCUT2D eigenvalue weighted by Gasteiger charge is 2.19. The van der Waals surface area contributed by atoms with Crippen LogP contribution in [0.25, 0.3) is 0 Å². The molecule has 0 aromatic rings. The lowest BCUT2D eigenvalue weighted by Crippen LogP contribution is -2.45. The lowest BCUT2D eigenvalue weighted by molar-refractivity contribution is -0.122. The first-order chi connectivity index (χ1) is 7.13. The monoisotopic (exact) mass is 229 g/mol. The molecule has 0 aliphatic rings. The van der Waals surface area contributed by atoms with Gasteiger partial charge < -0.3 is 16.0 Å². The van der Waals surface area contributed by atoms with Crippen LogP contribution in [0.4, 0.5) is 0 Å². The van der Waals surface area contributed by atoms with Crippen LogP contribution in [0.2, 0.25) is 0 Å². The minimum absolute atomic E-state index is 0.0278. The second-order valence-electron chi connectivity index (χ2n) is 5.74. The molecule has 0 heterocycles. The second kappa shape index (κ2) is 6.21. The largest absolute Gasteiger partial charge is 0.354 e. The summed E-state index contributed by atoms with van der Waals surface area (Å²) in [6.45, 7) is 8.71. The quantitative estimate of drug-likeness (QED) is 0.709. The predicted octanol–water partition coefficient (Wildman–Crippen LogP) is 0.816. The molecule has 0 aliphatic carbocycles. The van der Waals surface area contributed by atoms with Crippen molar-refractivity contribution >= 4 is 5.91 Å². The molecule has 0 aliphatic heterocycles. The molecular weight excluding hydrogens is 202 g/mol. The van der Waals surface area contributed by atoms with E-state index in [0.29, 0.717) is 24.9 Å². The van der Waals surface area contributed by atoms with E-state index in [1.807, 2.05) is 27.9 Å². The number of carbonyl (C=O) groups is 1. The fraction of sp³-hybridized carbons (Fsp3) is 0.917. The number of nitrogens with zero attached hydrogens (tertiary/aromatic N) is 1. The van der Waals surface area contributed by atoms with Crippen molar-refractivity contribution in [3.63, 3.8) is 0 Å². The van der Waals surface area contributed by atoms with Crippen LogP contribution in [0.1, 0.15) is 34.1 Å². The zero-order valence-corrected chi connectivity index (χ0v) is 11.5. The molecule has 1 unspecified atom stereocenters. The van der Waals surface area contributed by atoms with E-state index in [1.165, 1.54) is 0 Å². The van der Waals surface area contributed by atoms with Crippen molar-refractivity contribution in [3.05, 3.63) is 0 Å². The van der Waals surface area contributed by atoms with Crippen molar-refractivity contribution in [2.75, 3.05) is 20.6 Å². The molecule has 0 aromatic carbocycles. The van der Waals surface area contributed by atoms with Crippen LogP contribution < -0.4 is 11.1 Å². The van der Waals surface area contributed by atoms with Crippen LogP contribution in [-0.2, 0) is 4.79 Å². The molecule has 0 saturated heterocycles. The maximum atomic E-state index is 11.6. The Bertz CT molecular complexity index is 211. The summed E-state index contributed by atoms with van der Waals surface area (Å²) in [6, 6.07) is 0.366. The number of nitrogens with two attached hydrogens (primary N) is 1. The Kier molecular flexibility index (Phi) is 5.97. The summed E-state index contributed by atoms with van der Waals surface area (Å²) in [7, 11) is 4.06. The van der Waals surface area contributed by atoms with Gasteiger partial charge in [0.1, 0.15) is 0 Å². The van der Waals surface area contributed by atoms with Crippen molar-refractivity contribution in [2.24, 2.45) is 11.7 Å². The third kappa shape index (κ3) is 6.80. The van der Waals surface area contributed by atoms with Crippen molar-refractivity contribution in [1.82, 2.24) is 10.2 Å². The number of nitrogens with one attached hydrogen (secondary N) is 1. The minimum Gasteiger partial charge on any atom is -0.354 e. The average molecular weight is 229 g/mol. The van der Waals surface area contributed by atoms with E-state index in [1.54, 1.807) is 0 Å². The van der Waals surface area contributed by atoms with Crippen molar-refractivity contribution in [2.45, 2.75) is 45.7 Å². The summed E-state index contributed by atoms with van der Waals surface area (Å²) in [6.07, 6.45) is 0.366. The van der Waals surface area contributed by atoms with E-state index in [9.17, 15) is 4.79 Å². The second-order valence-corrected chi connectivity index (χ2v) is 5.74. The van der Waals surface area contributed by atoms with E-state index in [4.69, 9.17) is 5.73 Å². The number of hydrogen-bond acceptors (Lipinski definition) is 3. The Hall–Kier alpha value is -0.610. The smallest absolute Gasteiger partial charge is 0.221 e. The van der Waals surface area contributed by atoms with Gasteiger partial charge in [0.25, 0.3) is 0 Å². The first-order valence-electron chi connectivity index (χ1n) is 5.85. The Morgan fingerprint density at radius 1 is 1.38 bits per heavy atom. The fourth-order valence-corrected chi connectivity index (χ4v) is 1.71. The van der Waals surface area contributed by atoms with Gasteiger partial charge in [-0.3, -0.25) is 4.79 Å². The molecule has 3 N–H and O–H groups in total. The molecular formula is C12H27N3O. The van der Waals surface area contributed by atoms with Crippen molar-refractivity contribution < 1.29 is 4.79 Å². The first kappa shape index (κ1) is 15.4. The Balaban J connectivity index is 4.07. The van der Waals surface area contributed by atoms with Gasteiger partial charge in [-0.25, -0.2) is 0 Å². The number of hydrogen-bond donors (Lipinski definition) is 2. The van der Waals surface area contributed by atoms with E-state index < -0.39 is 5.54 Å². The zero-order chi connectivity index (χ0) is 12.9. The molecule has 0 rings (SSSR count). The van der Waals surface area contributed by atoms with Gasteiger partial charge >= 0.3 is 0 Å². The summed E-state index contributed by atoms with van der Waals surface area (Å²) in [5.41, 5.74) is 5.36. The third-order valence-corrected chi connectivity index (χ3v) is 2.56. The highest BCUT2D eigenvalue weighted by atomic mass is 16.1. The summed E-state index contributed by atoms with van der Waals surface area (Å²) in [5, 5.41) is 2.94. The number of likely N-dealkylation sites (N-methyl/N-ethyl adjacent to an activating group) is 1. The van der Waals surface area contributed by atoms with Gasteiger partial charge in [-0.2, -0.15) is 0 Å². The lowest BCUT2D eigenvalue weighted by atomic mass is 10.0. The van der Waals surface area contributed by atoms with Gasteiger partial charge in [0, 0.05) is 24.5 Å². The lowest BCUT2D eigenvalue weighted by Gasteiger charge is -2.28. The van der Waals surface area contributed by atoms with Crippen LogP contribution in [-0.4, -0.2) is 43.0 Å². The number of rotatable bonds is 6. The number of carbonyl (C=O) groups excluding carboxylic acids is 1. The van der Waals surface area contributed by atoms with E-state index in [0.717, 1.165) is 0 Å². The third-order valence-electron chi connectivity index (χ3n) is 2.56. The highest BCUT2D eigenvalue weighted by molar-refractivity contribution is 5.77. The van der Waals surface area contributed by atoms with Gasteiger partial charge in [0.05, 0.1) is 0 Å². The molecule has 1 amide bonds. The van der Waals surface area contributed by atoms with Gasteiger partial charge in [0.15, 0.2) is 0 Å². The summed E-state index contributed by atoms with van der Waals surface area (Å²) in [5.74, 6) is 0.543. The topological polar surface area (TPSA) is 58.4 Å². The summed E-state index contributed by atoms with van der Waals surface area (Å²) < 4.78 is 0. The first-order valence-corrected chi connectivity index (χ1v) is 5.85. The molecule has 96 valence electrons. The molecule has 0 fully saturated rings. The zero-order valence-electron chi connectivity index (χ0n) is 11.5. The molecule has 0 bridgehead atoms. The van der Waals surface area contributed by atoms with Crippen molar-refractivity contribution in [3.8, 4) is 0 Å². The van der Waals surface area contributed by atoms with Crippen LogP contribution in [0.3, 0.4) is 0 Å². The molecule has 0 spiro atoms. The summed E-state index contributed by atoms with van der Waals surface area (Å²) >= 11 is 0. The average Bonchev–Trinajstić information content (AvgIpc) is 1.98. The maximum Gasteiger partial charge on any atom is 0.221 e. The van der Waals surface area contributed by atoms with Gasteiger partial charge in [-0.15, -0.1) is 0 Å². The predicted molar refractivity (Wildman–Crippen MR) is 68.2 cm³/mol. The van der Waals surface area contributed by atoms with Gasteiger partial charge in [0.2, 0.25) is 5.91 Å². The summed E-state index contributed by atoms with van der Waals surface area (Å²) in [4.78, 5) is 13.7. The van der Waals surface area contributed by atoms with E-state index in [-0.39, 0.29) is 5.91 Å². The standard InChI is InChI=1S/C12H27N3O/c1-9(2)10(15(5)6)8-14-11(16)7-12(3,4)13/h9-10H,7-8,13H2,1-6H3,(H,14,16). The Morgan fingerprint density at radius 2 is 1.88 bits per heavy atom. The molecule has 16 heavy (non-hydrogen) atoms. The Morgan fingerprint density at radius 3 is 2.19 bits per heavy atom. The molecule has 1 atom stereocenters. The van der Waals surface area contributed by atoms with E-state index >= 15 is 0 Å². The molecule has 0 aromatic heterocycles. The maximum absolute atomic E-state index is 11.6. The highest BCUT2D eigenvalue weighted by Crippen LogP contribution is 2.07. The Labute approximate surface area is 99.6 Å². The van der Waals surface area contributed by atoms with Crippen molar-refractivity contribution in [1.29, 1.82) is 0 Å². The molecule has 4 nitrogen and oxygen atoms in total. The normalized spacial score (nSPS) is 14.3. The number of amides is 1.